The van der Waals surface area contributed by atoms with Gasteiger partial charge in [-0.3, -0.25) is 9.78 Å². The van der Waals surface area contributed by atoms with Gasteiger partial charge in [0.05, 0.1) is 22.6 Å². The smallest absolute Gasteiger partial charge is 0.239 e. The molecule has 1 aromatic heterocycles. The number of para-hydroxylation sites is 1. The number of amides is 1. The Morgan fingerprint density at radius 1 is 1.04 bits per heavy atom. The summed E-state index contributed by atoms with van der Waals surface area (Å²) in [7, 11) is -3.69. The number of primary sulfonamides is 1. The predicted octanol–water partition coefficient (Wildman–Crippen LogP) is 1.65. The summed E-state index contributed by atoms with van der Waals surface area (Å²) in [5.41, 5.74) is 2.54. The molecule has 27 heavy (non-hydrogen) atoms. The maximum atomic E-state index is 12.0. The molecular formula is C19H20N4O3S. The van der Waals surface area contributed by atoms with Crippen LogP contribution in [0.3, 0.4) is 0 Å². The minimum absolute atomic E-state index is 0.0724. The highest BCUT2D eigenvalue weighted by molar-refractivity contribution is 7.89. The summed E-state index contributed by atoms with van der Waals surface area (Å²) in [6.07, 6.45) is 2.31. The Morgan fingerprint density at radius 3 is 2.52 bits per heavy atom. The van der Waals surface area contributed by atoms with Gasteiger partial charge in [-0.15, -0.1) is 0 Å². The van der Waals surface area contributed by atoms with E-state index in [1.54, 1.807) is 18.3 Å². The van der Waals surface area contributed by atoms with E-state index < -0.39 is 10.0 Å². The van der Waals surface area contributed by atoms with Crippen molar-refractivity contribution < 1.29 is 13.2 Å². The Morgan fingerprint density at radius 2 is 1.78 bits per heavy atom. The first-order valence-electron chi connectivity index (χ1n) is 8.39. The highest BCUT2D eigenvalue weighted by Gasteiger charge is 2.07. The second-order valence-electron chi connectivity index (χ2n) is 6.02. The maximum absolute atomic E-state index is 12.0. The number of nitrogens with zero attached hydrogens (tertiary/aromatic N) is 1. The van der Waals surface area contributed by atoms with Crippen LogP contribution < -0.4 is 15.8 Å². The number of rotatable bonds is 7. The summed E-state index contributed by atoms with van der Waals surface area (Å²) >= 11 is 0. The van der Waals surface area contributed by atoms with Gasteiger partial charge in [-0.1, -0.05) is 30.3 Å². The maximum Gasteiger partial charge on any atom is 0.239 e. The van der Waals surface area contributed by atoms with Crippen LogP contribution in [0, 0.1) is 0 Å². The first-order valence-corrected chi connectivity index (χ1v) is 9.94. The zero-order chi connectivity index (χ0) is 19.3. The number of carbonyl (C=O) groups excluding carboxylic acids is 1. The lowest BCUT2D eigenvalue weighted by atomic mass is 10.1. The third kappa shape index (κ3) is 5.02. The van der Waals surface area contributed by atoms with Crippen LogP contribution in [0.2, 0.25) is 0 Å². The van der Waals surface area contributed by atoms with E-state index in [1.807, 2.05) is 30.3 Å². The van der Waals surface area contributed by atoms with Crippen LogP contribution >= 0.6 is 0 Å². The number of benzene rings is 2. The van der Waals surface area contributed by atoms with E-state index in [0.717, 1.165) is 22.2 Å². The highest BCUT2D eigenvalue weighted by Crippen LogP contribution is 2.20. The summed E-state index contributed by atoms with van der Waals surface area (Å²) in [4.78, 5) is 16.5. The van der Waals surface area contributed by atoms with Crippen LogP contribution in [0.5, 0.6) is 0 Å². The number of nitrogens with two attached hydrogens (primary N) is 1. The average molecular weight is 384 g/mol. The van der Waals surface area contributed by atoms with Gasteiger partial charge < -0.3 is 10.6 Å². The second kappa shape index (κ2) is 8.15. The lowest BCUT2D eigenvalue weighted by Gasteiger charge is -2.10. The fourth-order valence-corrected chi connectivity index (χ4v) is 3.19. The van der Waals surface area contributed by atoms with Gasteiger partial charge >= 0.3 is 0 Å². The number of fused-ring (bicyclic) bond motifs is 1. The summed E-state index contributed by atoms with van der Waals surface area (Å²) in [6.45, 7) is 0.586. The molecule has 3 rings (SSSR count). The van der Waals surface area contributed by atoms with Gasteiger partial charge in [0.15, 0.2) is 0 Å². The first-order chi connectivity index (χ1) is 12.9. The van der Waals surface area contributed by atoms with Crippen molar-refractivity contribution in [2.24, 2.45) is 5.14 Å². The number of hydrogen-bond acceptors (Lipinski definition) is 5. The van der Waals surface area contributed by atoms with Crippen molar-refractivity contribution in [3.63, 3.8) is 0 Å². The molecule has 3 aromatic rings. The summed E-state index contributed by atoms with van der Waals surface area (Å²) in [6, 6.07) is 15.9. The van der Waals surface area contributed by atoms with Gasteiger partial charge in [-0.05, 0) is 36.2 Å². The Balaban J connectivity index is 1.48. The molecular weight excluding hydrogens is 364 g/mol. The van der Waals surface area contributed by atoms with E-state index in [1.165, 1.54) is 12.1 Å². The molecule has 4 N–H and O–H groups in total. The Labute approximate surface area is 157 Å². The number of sulfonamides is 1. The second-order valence-corrected chi connectivity index (χ2v) is 7.58. The van der Waals surface area contributed by atoms with Crippen molar-refractivity contribution >= 4 is 32.5 Å². The van der Waals surface area contributed by atoms with Crippen LogP contribution in [0.1, 0.15) is 5.56 Å². The van der Waals surface area contributed by atoms with Gasteiger partial charge in [0.1, 0.15) is 0 Å². The predicted molar refractivity (Wildman–Crippen MR) is 105 cm³/mol. The highest BCUT2D eigenvalue weighted by atomic mass is 32.2. The van der Waals surface area contributed by atoms with Crippen LogP contribution in [-0.2, 0) is 21.2 Å². The van der Waals surface area contributed by atoms with E-state index in [2.05, 4.69) is 15.6 Å². The molecule has 7 nitrogen and oxygen atoms in total. The molecule has 0 atom stereocenters. The molecule has 0 unspecified atom stereocenters. The largest absolute Gasteiger partial charge is 0.374 e. The van der Waals surface area contributed by atoms with Crippen molar-refractivity contribution in [1.82, 2.24) is 10.3 Å². The van der Waals surface area contributed by atoms with Gasteiger partial charge in [0, 0.05) is 18.1 Å². The Kier molecular flexibility index (Phi) is 5.68. The van der Waals surface area contributed by atoms with E-state index in [-0.39, 0.29) is 17.3 Å². The third-order valence-electron chi connectivity index (χ3n) is 4.06. The van der Waals surface area contributed by atoms with Gasteiger partial charge in [-0.25, -0.2) is 13.6 Å². The molecule has 0 fully saturated rings. The van der Waals surface area contributed by atoms with Crippen LogP contribution in [-0.4, -0.2) is 32.4 Å². The minimum atomic E-state index is -3.69. The number of pyridine rings is 1. The van der Waals surface area contributed by atoms with Crippen LogP contribution in [0.25, 0.3) is 10.9 Å². The van der Waals surface area contributed by atoms with E-state index in [0.29, 0.717) is 13.0 Å². The molecule has 0 spiro atoms. The zero-order valence-electron chi connectivity index (χ0n) is 14.6. The fourth-order valence-electron chi connectivity index (χ4n) is 2.68. The SMILES string of the molecule is NS(=O)(=O)c1ccc(CCNC(=O)CNc2cccc3cccnc23)cc1. The van der Waals surface area contributed by atoms with Crippen LogP contribution in [0.4, 0.5) is 5.69 Å². The molecule has 0 saturated heterocycles. The molecule has 0 aliphatic heterocycles. The number of anilines is 1. The minimum Gasteiger partial charge on any atom is -0.374 e. The molecule has 0 aliphatic carbocycles. The summed E-state index contributed by atoms with van der Waals surface area (Å²) < 4.78 is 22.5. The topological polar surface area (TPSA) is 114 Å². The van der Waals surface area contributed by atoms with Crippen molar-refractivity contribution in [3.8, 4) is 0 Å². The van der Waals surface area contributed by atoms with Crippen LogP contribution in [0.15, 0.2) is 65.7 Å². The van der Waals surface area contributed by atoms with E-state index in [4.69, 9.17) is 5.14 Å². The average Bonchev–Trinajstić information content (AvgIpc) is 2.66. The summed E-state index contributed by atoms with van der Waals surface area (Å²) in [5, 5.41) is 12.0. The van der Waals surface area contributed by atoms with Crippen molar-refractivity contribution in [2.75, 3.05) is 18.4 Å². The molecule has 8 heteroatoms. The fraction of sp³-hybridized carbons (Fsp3) is 0.158. The molecule has 1 amide bonds. The van der Waals surface area contributed by atoms with Gasteiger partial charge in [0.2, 0.25) is 15.9 Å². The lowest BCUT2D eigenvalue weighted by molar-refractivity contribution is -0.119. The normalized spacial score (nSPS) is 11.3. The first kappa shape index (κ1) is 18.8. The van der Waals surface area contributed by atoms with Crippen molar-refractivity contribution in [2.45, 2.75) is 11.3 Å². The standard InChI is InChI=1S/C19H20N4O3S/c20-27(25,26)16-8-6-14(7-9-16)10-12-21-18(24)13-23-17-5-1-3-15-4-2-11-22-19(15)17/h1-9,11,23H,10,12-13H2,(H,21,24)(H2,20,25,26). The Hall–Kier alpha value is -2.97. The molecule has 140 valence electrons. The number of aromatic nitrogens is 1. The molecule has 1 heterocycles. The summed E-state index contributed by atoms with van der Waals surface area (Å²) in [5.74, 6) is -0.135. The van der Waals surface area contributed by atoms with Gasteiger partial charge in [0.25, 0.3) is 0 Å². The number of hydrogen-bond donors (Lipinski definition) is 3. The molecule has 0 radical (unpaired) electrons. The number of nitrogens with one attached hydrogen (secondary N) is 2. The molecule has 0 saturated carbocycles. The third-order valence-corrected chi connectivity index (χ3v) is 4.99. The van der Waals surface area contributed by atoms with Crippen molar-refractivity contribution in [3.05, 3.63) is 66.4 Å². The quantitative estimate of drug-likeness (QED) is 0.573. The number of carbonyl (C=O) groups is 1. The monoisotopic (exact) mass is 384 g/mol. The molecule has 0 aliphatic rings. The molecule has 0 bridgehead atoms. The Bertz CT molecular complexity index is 1040. The van der Waals surface area contributed by atoms with Crippen molar-refractivity contribution in [1.29, 1.82) is 0 Å². The van der Waals surface area contributed by atoms with E-state index >= 15 is 0 Å². The van der Waals surface area contributed by atoms with E-state index in [9.17, 15) is 13.2 Å². The molecule has 2 aromatic carbocycles. The lowest BCUT2D eigenvalue weighted by Crippen LogP contribution is -2.31. The van der Waals surface area contributed by atoms with Gasteiger partial charge in [-0.2, -0.15) is 0 Å². The zero-order valence-corrected chi connectivity index (χ0v) is 15.4.